The van der Waals surface area contributed by atoms with E-state index in [-0.39, 0.29) is 23.5 Å². The maximum absolute atomic E-state index is 12.8. The van der Waals surface area contributed by atoms with E-state index in [1.165, 1.54) is 6.42 Å². The van der Waals surface area contributed by atoms with E-state index in [1.54, 1.807) is 25.4 Å². The lowest BCUT2D eigenvalue weighted by Crippen LogP contribution is -2.50. The van der Waals surface area contributed by atoms with Gasteiger partial charge in [-0.3, -0.25) is 14.7 Å². The van der Waals surface area contributed by atoms with Gasteiger partial charge in [-0.25, -0.2) is 0 Å². The van der Waals surface area contributed by atoms with Crippen LogP contribution in [0.2, 0.25) is 0 Å². The number of nitrogens with one attached hydrogen (secondary N) is 3. The minimum atomic E-state index is -0.537. The first-order valence-electron chi connectivity index (χ1n) is 10.4. The third-order valence-electron chi connectivity index (χ3n) is 5.75. The first kappa shape index (κ1) is 19.9. The number of rotatable bonds is 6. The molecule has 3 N–H and O–H groups in total. The van der Waals surface area contributed by atoms with Crippen LogP contribution in [-0.4, -0.2) is 35.1 Å². The molecule has 156 valence electrons. The van der Waals surface area contributed by atoms with E-state index in [1.807, 2.05) is 30.3 Å². The van der Waals surface area contributed by atoms with Gasteiger partial charge in [0.1, 0.15) is 11.8 Å². The molecule has 0 unspecified atom stereocenters. The fourth-order valence-electron chi connectivity index (χ4n) is 4.08. The summed E-state index contributed by atoms with van der Waals surface area (Å²) in [6.45, 7) is 0. The summed E-state index contributed by atoms with van der Waals surface area (Å²) in [7, 11) is 1.60. The highest BCUT2D eigenvalue weighted by atomic mass is 16.3. The number of benzene rings is 1. The number of amides is 2. The lowest BCUT2D eigenvalue weighted by Gasteiger charge is -2.29. The zero-order chi connectivity index (χ0) is 20.9. The van der Waals surface area contributed by atoms with Crippen LogP contribution in [-0.2, 0) is 4.79 Å². The van der Waals surface area contributed by atoms with Crippen molar-refractivity contribution in [3.63, 3.8) is 0 Å². The SMILES string of the molecule is CNC(=O)[C@@H](NC(=O)c1ccc(-c2ccc(-c3ccn[nH]3)cc2)o1)C1CCCCC1. The molecule has 3 aromatic rings. The van der Waals surface area contributed by atoms with Crippen LogP contribution in [0.3, 0.4) is 0 Å². The second-order valence-electron chi connectivity index (χ2n) is 7.68. The van der Waals surface area contributed by atoms with Gasteiger partial charge in [-0.1, -0.05) is 43.5 Å². The van der Waals surface area contributed by atoms with Crippen LogP contribution >= 0.6 is 0 Å². The van der Waals surface area contributed by atoms with Crippen LogP contribution in [0.15, 0.2) is 53.1 Å². The summed E-state index contributed by atoms with van der Waals surface area (Å²) < 4.78 is 5.80. The molecule has 1 fully saturated rings. The fourth-order valence-corrected chi connectivity index (χ4v) is 4.08. The summed E-state index contributed by atoms with van der Waals surface area (Å²) in [5.74, 6) is 0.441. The molecule has 4 rings (SSSR count). The lowest BCUT2D eigenvalue weighted by atomic mass is 9.83. The molecule has 7 nitrogen and oxygen atoms in total. The minimum absolute atomic E-state index is 0.156. The number of carbonyl (C=O) groups excluding carboxylic acids is 2. The minimum Gasteiger partial charge on any atom is -0.451 e. The van der Waals surface area contributed by atoms with Crippen molar-refractivity contribution >= 4 is 11.8 Å². The van der Waals surface area contributed by atoms with Crippen LogP contribution in [0.1, 0.15) is 42.7 Å². The molecule has 7 heteroatoms. The molecule has 0 aliphatic heterocycles. The smallest absolute Gasteiger partial charge is 0.287 e. The molecule has 1 atom stereocenters. The second kappa shape index (κ2) is 8.98. The van der Waals surface area contributed by atoms with Crippen molar-refractivity contribution in [3.8, 4) is 22.6 Å². The van der Waals surface area contributed by atoms with E-state index >= 15 is 0 Å². The van der Waals surface area contributed by atoms with E-state index in [0.29, 0.717) is 5.76 Å². The van der Waals surface area contributed by atoms with E-state index in [2.05, 4.69) is 20.8 Å². The van der Waals surface area contributed by atoms with Gasteiger partial charge in [0.15, 0.2) is 5.76 Å². The maximum Gasteiger partial charge on any atom is 0.287 e. The Morgan fingerprint density at radius 1 is 1.03 bits per heavy atom. The quantitative estimate of drug-likeness (QED) is 0.580. The third-order valence-corrected chi connectivity index (χ3v) is 5.75. The van der Waals surface area contributed by atoms with Crippen LogP contribution in [0.4, 0.5) is 0 Å². The van der Waals surface area contributed by atoms with Crippen LogP contribution in [0.25, 0.3) is 22.6 Å². The number of likely N-dealkylation sites (N-methyl/N-ethyl adjacent to an activating group) is 1. The predicted octanol–water partition coefficient (Wildman–Crippen LogP) is 3.76. The Balaban J connectivity index is 1.47. The largest absolute Gasteiger partial charge is 0.451 e. The van der Waals surface area contributed by atoms with Gasteiger partial charge in [0.2, 0.25) is 5.91 Å². The second-order valence-corrected chi connectivity index (χ2v) is 7.68. The molecule has 2 heterocycles. The predicted molar refractivity (Wildman–Crippen MR) is 114 cm³/mol. The van der Waals surface area contributed by atoms with Crippen molar-refractivity contribution in [2.75, 3.05) is 7.05 Å². The van der Waals surface area contributed by atoms with E-state index in [9.17, 15) is 9.59 Å². The Hall–Kier alpha value is -3.35. The van der Waals surface area contributed by atoms with Gasteiger partial charge in [0.05, 0.1) is 5.69 Å². The van der Waals surface area contributed by atoms with Gasteiger partial charge in [0, 0.05) is 18.8 Å². The molecule has 0 radical (unpaired) electrons. The summed E-state index contributed by atoms with van der Waals surface area (Å²) in [5.41, 5.74) is 2.82. The Morgan fingerprint density at radius 3 is 2.43 bits per heavy atom. The normalized spacial score (nSPS) is 15.5. The molecule has 1 aliphatic carbocycles. The van der Waals surface area contributed by atoms with E-state index < -0.39 is 6.04 Å². The average Bonchev–Trinajstić information content (AvgIpc) is 3.50. The number of hydrogen-bond donors (Lipinski definition) is 3. The molecule has 30 heavy (non-hydrogen) atoms. The number of aromatic amines is 1. The molecule has 1 aromatic carbocycles. The highest BCUT2D eigenvalue weighted by Crippen LogP contribution is 2.28. The van der Waals surface area contributed by atoms with Crippen molar-refractivity contribution < 1.29 is 14.0 Å². The molecule has 0 bridgehead atoms. The van der Waals surface area contributed by atoms with Crippen LogP contribution in [0.5, 0.6) is 0 Å². The summed E-state index contributed by atoms with van der Waals surface area (Å²) >= 11 is 0. The van der Waals surface area contributed by atoms with Crippen molar-refractivity contribution in [1.82, 2.24) is 20.8 Å². The Kier molecular flexibility index (Phi) is 5.97. The molecule has 1 aliphatic rings. The Bertz CT molecular complexity index is 986. The number of furan rings is 1. The van der Waals surface area contributed by atoms with Crippen molar-refractivity contribution in [3.05, 3.63) is 54.4 Å². The van der Waals surface area contributed by atoms with Crippen LogP contribution in [0, 0.1) is 5.92 Å². The molecular formula is C23H26N4O3. The van der Waals surface area contributed by atoms with Crippen LogP contribution < -0.4 is 10.6 Å². The Labute approximate surface area is 175 Å². The van der Waals surface area contributed by atoms with Gasteiger partial charge >= 0.3 is 0 Å². The zero-order valence-corrected chi connectivity index (χ0v) is 17.0. The van der Waals surface area contributed by atoms with Gasteiger partial charge < -0.3 is 15.1 Å². The van der Waals surface area contributed by atoms with Gasteiger partial charge in [-0.05, 0) is 42.5 Å². The third kappa shape index (κ3) is 4.30. The number of carbonyl (C=O) groups is 2. The standard InChI is InChI=1S/C23H26N4O3/c1-24-23(29)21(17-5-3-2-4-6-17)26-22(28)20-12-11-19(30-20)16-9-7-15(8-10-16)18-13-14-25-27-18/h7-14,17,21H,2-6H2,1H3,(H,24,29)(H,25,27)(H,26,28)/t21-/m0/s1. The first-order valence-corrected chi connectivity index (χ1v) is 10.4. The number of hydrogen-bond acceptors (Lipinski definition) is 4. The monoisotopic (exact) mass is 406 g/mol. The molecular weight excluding hydrogens is 380 g/mol. The zero-order valence-electron chi connectivity index (χ0n) is 17.0. The summed E-state index contributed by atoms with van der Waals surface area (Å²) in [6.07, 6.45) is 6.97. The molecule has 0 spiro atoms. The average molecular weight is 406 g/mol. The van der Waals surface area contributed by atoms with Gasteiger partial charge in [-0.2, -0.15) is 5.10 Å². The van der Waals surface area contributed by atoms with E-state index in [0.717, 1.165) is 42.5 Å². The fraction of sp³-hybridized carbons (Fsp3) is 0.348. The van der Waals surface area contributed by atoms with E-state index in [4.69, 9.17) is 4.42 Å². The highest BCUT2D eigenvalue weighted by molar-refractivity contribution is 5.96. The first-order chi connectivity index (χ1) is 14.7. The number of nitrogens with zero attached hydrogens (tertiary/aromatic N) is 1. The lowest BCUT2D eigenvalue weighted by molar-refractivity contribution is -0.124. The number of aromatic nitrogens is 2. The van der Waals surface area contributed by atoms with Crippen molar-refractivity contribution in [2.45, 2.75) is 38.1 Å². The van der Waals surface area contributed by atoms with Crippen molar-refractivity contribution in [2.24, 2.45) is 5.92 Å². The number of H-pyrrole nitrogens is 1. The molecule has 0 saturated heterocycles. The maximum atomic E-state index is 12.8. The summed E-state index contributed by atoms with van der Waals surface area (Å²) in [4.78, 5) is 25.1. The van der Waals surface area contributed by atoms with Gasteiger partial charge in [0.25, 0.3) is 5.91 Å². The Morgan fingerprint density at radius 2 is 1.77 bits per heavy atom. The highest BCUT2D eigenvalue weighted by Gasteiger charge is 2.31. The summed E-state index contributed by atoms with van der Waals surface area (Å²) in [5, 5.41) is 12.5. The van der Waals surface area contributed by atoms with Crippen molar-refractivity contribution in [1.29, 1.82) is 0 Å². The molecule has 1 saturated carbocycles. The molecule has 2 aromatic heterocycles. The van der Waals surface area contributed by atoms with Gasteiger partial charge in [-0.15, -0.1) is 0 Å². The summed E-state index contributed by atoms with van der Waals surface area (Å²) in [6, 6.07) is 12.6. The topological polar surface area (TPSA) is 100 Å². The molecule has 2 amide bonds.